The van der Waals surface area contributed by atoms with Gasteiger partial charge in [-0.1, -0.05) is 6.92 Å². The number of carbonyl (C=O) groups excluding carboxylic acids is 1. The lowest BCUT2D eigenvalue weighted by atomic mass is 9.94. The highest BCUT2D eigenvalue weighted by atomic mass is 16.2. The van der Waals surface area contributed by atoms with Gasteiger partial charge in [-0.3, -0.25) is 9.48 Å². The van der Waals surface area contributed by atoms with Gasteiger partial charge >= 0.3 is 0 Å². The van der Waals surface area contributed by atoms with E-state index in [1.54, 1.807) is 0 Å². The molecule has 2 atom stereocenters. The Morgan fingerprint density at radius 3 is 2.81 bits per heavy atom. The molecular weight excluding hydrogens is 338 g/mol. The van der Waals surface area contributed by atoms with Crippen LogP contribution in [-0.2, 0) is 0 Å². The highest BCUT2D eigenvalue weighted by Crippen LogP contribution is 2.23. The van der Waals surface area contributed by atoms with Gasteiger partial charge in [-0.15, -0.1) is 0 Å². The molecule has 4 rings (SSSR count). The van der Waals surface area contributed by atoms with E-state index < -0.39 is 0 Å². The second-order valence-electron chi connectivity index (χ2n) is 8.92. The van der Waals surface area contributed by atoms with E-state index >= 15 is 0 Å². The standard InChI is InChI=1S/C21H35N5O/c1-17-6-11-24(12-7-17)15-18-4-3-10-25(16-18)21(27)20-8-13-26(23-20)19-5-2-9-22-14-19/h8,13,17-19,22H,2-7,9-12,14-16H2,1H3. The average Bonchev–Trinajstić information content (AvgIpc) is 3.20. The summed E-state index contributed by atoms with van der Waals surface area (Å²) in [6.45, 7) is 9.79. The fraction of sp³-hybridized carbons (Fsp3) is 0.810. The van der Waals surface area contributed by atoms with E-state index in [0.717, 1.165) is 51.5 Å². The second-order valence-corrected chi connectivity index (χ2v) is 8.92. The summed E-state index contributed by atoms with van der Waals surface area (Å²) in [4.78, 5) is 17.7. The molecule has 0 saturated carbocycles. The van der Waals surface area contributed by atoms with Crippen molar-refractivity contribution in [3.8, 4) is 0 Å². The lowest BCUT2D eigenvalue weighted by Crippen LogP contribution is -2.45. The van der Waals surface area contributed by atoms with Crippen LogP contribution in [0.4, 0.5) is 0 Å². The van der Waals surface area contributed by atoms with Crippen molar-refractivity contribution in [2.45, 2.75) is 51.5 Å². The zero-order valence-electron chi connectivity index (χ0n) is 16.8. The second kappa shape index (κ2) is 8.74. The molecule has 3 fully saturated rings. The molecule has 1 N–H and O–H groups in total. The number of carbonyl (C=O) groups is 1. The zero-order chi connectivity index (χ0) is 18.6. The van der Waals surface area contributed by atoms with Crippen molar-refractivity contribution in [1.82, 2.24) is 24.9 Å². The number of rotatable bonds is 4. The predicted octanol–water partition coefficient (Wildman–Crippen LogP) is 2.39. The molecular formula is C21H35N5O. The molecule has 0 radical (unpaired) electrons. The largest absolute Gasteiger partial charge is 0.337 e. The van der Waals surface area contributed by atoms with Gasteiger partial charge in [-0.25, -0.2) is 0 Å². The van der Waals surface area contributed by atoms with Crippen LogP contribution >= 0.6 is 0 Å². The Morgan fingerprint density at radius 1 is 1.19 bits per heavy atom. The minimum atomic E-state index is 0.120. The number of piperidine rings is 3. The lowest BCUT2D eigenvalue weighted by molar-refractivity contribution is 0.0615. The molecule has 0 spiro atoms. The number of hydrogen-bond acceptors (Lipinski definition) is 4. The van der Waals surface area contributed by atoms with E-state index in [0.29, 0.717) is 17.7 Å². The Balaban J connectivity index is 1.32. The monoisotopic (exact) mass is 373 g/mol. The first-order valence-corrected chi connectivity index (χ1v) is 11.0. The lowest BCUT2D eigenvalue weighted by Gasteiger charge is -2.37. The van der Waals surface area contributed by atoms with Crippen LogP contribution in [0.2, 0.25) is 0 Å². The highest BCUT2D eigenvalue weighted by molar-refractivity contribution is 5.92. The molecule has 0 bridgehead atoms. The first kappa shape index (κ1) is 18.9. The third-order valence-electron chi connectivity index (χ3n) is 6.67. The number of nitrogens with zero attached hydrogens (tertiary/aromatic N) is 4. The van der Waals surface area contributed by atoms with Crippen molar-refractivity contribution in [1.29, 1.82) is 0 Å². The number of nitrogens with one attached hydrogen (secondary N) is 1. The molecule has 0 aromatic carbocycles. The predicted molar refractivity (Wildman–Crippen MR) is 107 cm³/mol. The van der Waals surface area contributed by atoms with Gasteiger partial charge in [0.25, 0.3) is 5.91 Å². The van der Waals surface area contributed by atoms with Gasteiger partial charge in [-0.2, -0.15) is 5.10 Å². The maximum absolute atomic E-state index is 13.0. The summed E-state index contributed by atoms with van der Waals surface area (Å²) in [6, 6.07) is 2.29. The van der Waals surface area contributed by atoms with Gasteiger partial charge in [0.15, 0.2) is 0 Å². The molecule has 27 heavy (non-hydrogen) atoms. The molecule has 3 saturated heterocycles. The Kier molecular flexibility index (Phi) is 6.13. The molecule has 2 unspecified atom stereocenters. The van der Waals surface area contributed by atoms with Gasteiger partial charge in [0.1, 0.15) is 5.69 Å². The molecule has 3 aliphatic heterocycles. The van der Waals surface area contributed by atoms with Gasteiger partial charge in [-0.05, 0) is 76.1 Å². The van der Waals surface area contributed by atoms with Crippen molar-refractivity contribution < 1.29 is 4.79 Å². The van der Waals surface area contributed by atoms with Crippen molar-refractivity contribution >= 4 is 5.91 Å². The maximum Gasteiger partial charge on any atom is 0.274 e. The Labute approximate surface area is 163 Å². The molecule has 1 aromatic rings. The highest BCUT2D eigenvalue weighted by Gasteiger charge is 2.28. The van der Waals surface area contributed by atoms with Crippen LogP contribution in [0.1, 0.15) is 62.0 Å². The zero-order valence-corrected chi connectivity index (χ0v) is 16.8. The number of hydrogen-bond donors (Lipinski definition) is 1. The SMILES string of the molecule is CC1CCN(CC2CCCN(C(=O)c3ccn(C4CCCNC4)n3)C2)CC1. The molecule has 1 amide bonds. The third-order valence-corrected chi connectivity index (χ3v) is 6.67. The summed E-state index contributed by atoms with van der Waals surface area (Å²) < 4.78 is 2.00. The first-order chi connectivity index (χ1) is 13.2. The minimum absolute atomic E-state index is 0.120. The summed E-state index contributed by atoms with van der Waals surface area (Å²) in [5.74, 6) is 1.61. The van der Waals surface area contributed by atoms with Crippen LogP contribution in [0.5, 0.6) is 0 Å². The van der Waals surface area contributed by atoms with Crippen molar-refractivity contribution in [3.05, 3.63) is 18.0 Å². The van der Waals surface area contributed by atoms with Crippen LogP contribution in [0.15, 0.2) is 12.3 Å². The van der Waals surface area contributed by atoms with Crippen LogP contribution in [-0.4, -0.2) is 71.3 Å². The first-order valence-electron chi connectivity index (χ1n) is 11.0. The van der Waals surface area contributed by atoms with E-state index in [1.807, 2.05) is 21.8 Å². The quantitative estimate of drug-likeness (QED) is 0.881. The summed E-state index contributed by atoms with van der Waals surface area (Å²) in [5.41, 5.74) is 0.619. The molecule has 0 aliphatic carbocycles. The summed E-state index contributed by atoms with van der Waals surface area (Å²) in [5, 5.41) is 8.05. The summed E-state index contributed by atoms with van der Waals surface area (Å²) in [6.07, 6.45) is 9.32. The normalized spacial score (nSPS) is 28.4. The van der Waals surface area contributed by atoms with E-state index in [2.05, 4.69) is 22.2 Å². The van der Waals surface area contributed by atoms with Crippen molar-refractivity contribution in [2.24, 2.45) is 11.8 Å². The molecule has 4 heterocycles. The van der Waals surface area contributed by atoms with E-state index in [-0.39, 0.29) is 5.91 Å². The van der Waals surface area contributed by atoms with Crippen LogP contribution in [0.3, 0.4) is 0 Å². The molecule has 150 valence electrons. The Bertz CT molecular complexity index is 616. The fourth-order valence-electron chi connectivity index (χ4n) is 4.89. The Hall–Kier alpha value is -1.40. The molecule has 1 aromatic heterocycles. The van der Waals surface area contributed by atoms with Gasteiger partial charge in [0.2, 0.25) is 0 Å². The van der Waals surface area contributed by atoms with Crippen LogP contribution < -0.4 is 5.32 Å². The fourth-order valence-corrected chi connectivity index (χ4v) is 4.89. The van der Waals surface area contributed by atoms with Crippen LogP contribution in [0, 0.1) is 11.8 Å². The number of likely N-dealkylation sites (tertiary alicyclic amines) is 2. The minimum Gasteiger partial charge on any atom is -0.337 e. The smallest absolute Gasteiger partial charge is 0.274 e. The van der Waals surface area contributed by atoms with Crippen molar-refractivity contribution in [3.63, 3.8) is 0 Å². The molecule has 3 aliphatic rings. The van der Waals surface area contributed by atoms with Crippen LogP contribution in [0.25, 0.3) is 0 Å². The number of amides is 1. The van der Waals surface area contributed by atoms with Crippen molar-refractivity contribution in [2.75, 3.05) is 45.8 Å². The van der Waals surface area contributed by atoms with E-state index in [4.69, 9.17) is 0 Å². The van der Waals surface area contributed by atoms with E-state index in [1.165, 1.54) is 38.8 Å². The molecule has 6 heteroatoms. The van der Waals surface area contributed by atoms with Gasteiger partial charge in [0.05, 0.1) is 6.04 Å². The summed E-state index contributed by atoms with van der Waals surface area (Å²) >= 11 is 0. The topological polar surface area (TPSA) is 53.4 Å². The molecule has 6 nitrogen and oxygen atoms in total. The Morgan fingerprint density at radius 2 is 2.04 bits per heavy atom. The van der Waals surface area contributed by atoms with Gasteiger partial charge < -0.3 is 15.1 Å². The average molecular weight is 374 g/mol. The summed E-state index contributed by atoms with van der Waals surface area (Å²) in [7, 11) is 0. The number of aromatic nitrogens is 2. The third kappa shape index (κ3) is 4.72. The maximum atomic E-state index is 13.0. The van der Waals surface area contributed by atoms with E-state index in [9.17, 15) is 4.79 Å². The van der Waals surface area contributed by atoms with Gasteiger partial charge in [0, 0.05) is 32.4 Å².